The molecule has 0 aliphatic carbocycles. The van der Waals surface area contributed by atoms with E-state index in [1.165, 1.54) is 13.2 Å². The molecule has 3 N–H and O–H groups in total. The fourth-order valence-electron chi connectivity index (χ4n) is 1.83. The minimum Gasteiger partial charge on any atom is -0.494 e. The molecule has 0 radical (unpaired) electrons. The summed E-state index contributed by atoms with van der Waals surface area (Å²) in [5, 5.41) is 3.49. The molecule has 0 saturated carbocycles. The second kappa shape index (κ2) is 6.45. The van der Waals surface area contributed by atoms with Gasteiger partial charge in [0.2, 0.25) is 5.91 Å². The lowest BCUT2D eigenvalue weighted by Gasteiger charge is -2.10. The smallest absolute Gasteiger partial charge is 0.248 e. The molecule has 0 aromatic heterocycles. The number of nitrogens with one attached hydrogen (secondary N) is 1. The Balaban J connectivity index is 2.14. The molecule has 110 valence electrons. The molecule has 0 heterocycles. The molecule has 2 rings (SSSR count). The zero-order valence-electron chi connectivity index (χ0n) is 11.3. The first kappa shape index (κ1) is 15.1. The summed E-state index contributed by atoms with van der Waals surface area (Å²) in [5.74, 6) is -0.786. The van der Waals surface area contributed by atoms with Gasteiger partial charge in [0.25, 0.3) is 0 Å². The Morgan fingerprint density at radius 2 is 2.10 bits per heavy atom. The van der Waals surface area contributed by atoms with Gasteiger partial charge in [0, 0.05) is 12.1 Å². The van der Waals surface area contributed by atoms with Crippen molar-refractivity contribution < 1.29 is 13.9 Å². The van der Waals surface area contributed by atoms with Crippen LogP contribution in [0.4, 0.5) is 10.1 Å². The molecule has 4 nitrogen and oxygen atoms in total. The SMILES string of the molecule is COc1ccc(CNc2cc(C(N)=O)ccc2Cl)cc1F. The van der Waals surface area contributed by atoms with E-state index < -0.39 is 11.7 Å². The molecule has 0 bridgehead atoms. The summed E-state index contributed by atoms with van der Waals surface area (Å²) in [7, 11) is 1.41. The van der Waals surface area contributed by atoms with Crippen LogP contribution in [0.3, 0.4) is 0 Å². The summed E-state index contributed by atoms with van der Waals surface area (Å²) in [5.41, 5.74) is 6.84. The summed E-state index contributed by atoms with van der Waals surface area (Å²) in [6.45, 7) is 0.350. The summed E-state index contributed by atoms with van der Waals surface area (Å²) < 4.78 is 18.4. The van der Waals surface area contributed by atoms with Gasteiger partial charge in [-0.1, -0.05) is 17.7 Å². The van der Waals surface area contributed by atoms with Crippen LogP contribution < -0.4 is 15.8 Å². The van der Waals surface area contributed by atoms with Crippen molar-refractivity contribution >= 4 is 23.2 Å². The quantitative estimate of drug-likeness (QED) is 0.891. The number of primary amides is 1. The lowest BCUT2D eigenvalue weighted by Crippen LogP contribution is -2.11. The van der Waals surface area contributed by atoms with Crippen LogP contribution in [0.2, 0.25) is 5.02 Å². The maximum Gasteiger partial charge on any atom is 0.248 e. The molecule has 6 heteroatoms. The average Bonchev–Trinajstić information content (AvgIpc) is 2.46. The van der Waals surface area contributed by atoms with Gasteiger partial charge in [-0.3, -0.25) is 4.79 Å². The number of carbonyl (C=O) groups excluding carboxylic acids is 1. The van der Waals surface area contributed by atoms with E-state index in [1.807, 2.05) is 0 Å². The Morgan fingerprint density at radius 3 is 2.71 bits per heavy atom. The van der Waals surface area contributed by atoms with Crippen LogP contribution in [0.25, 0.3) is 0 Å². The summed E-state index contributed by atoms with van der Waals surface area (Å²) in [6.07, 6.45) is 0. The van der Waals surface area contributed by atoms with Crippen LogP contribution in [0.5, 0.6) is 5.75 Å². The molecule has 2 aromatic carbocycles. The first-order chi connectivity index (χ1) is 10.0. The fourth-order valence-corrected chi connectivity index (χ4v) is 2.02. The van der Waals surface area contributed by atoms with Gasteiger partial charge in [0.15, 0.2) is 11.6 Å². The minimum absolute atomic E-state index is 0.188. The first-order valence-corrected chi connectivity index (χ1v) is 6.54. The van der Waals surface area contributed by atoms with Gasteiger partial charge in [-0.2, -0.15) is 0 Å². The third kappa shape index (κ3) is 3.64. The third-order valence-corrected chi connectivity index (χ3v) is 3.28. The second-order valence-electron chi connectivity index (χ2n) is 4.38. The molecule has 0 aliphatic rings. The molecule has 0 aliphatic heterocycles. The lowest BCUT2D eigenvalue weighted by atomic mass is 10.1. The van der Waals surface area contributed by atoms with Crippen LogP contribution in [0.1, 0.15) is 15.9 Å². The maximum atomic E-state index is 13.6. The van der Waals surface area contributed by atoms with E-state index in [1.54, 1.807) is 30.3 Å². The molecule has 0 atom stereocenters. The number of hydrogen-bond donors (Lipinski definition) is 2. The van der Waals surface area contributed by atoms with Gasteiger partial charge in [0.1, 0.15) is 0 Å². The lowest BCUT2D eigenvalue weighted by molar-refractivity contribution is 0.100. The minimum atomic E-state index is -0.537. The molecule has 2 aromatic rings. The van der Waals surface area contributed by atoms with Gasteiger partial charge in [-0.15, -0.1) is 0 Å². The van der Waals surface area contributed by atoms with E-state index in [0.717, 1.165) is 0 Å². The summed E-state index contributed by atoms with van der Waals surface area (Å²) >= 11 is 6.04. The van der Waals surface area contributed by atoms with Crippen LogP contribution in [-0.4, -0.2) is 13.0 Å². The van der Waals surface area contributed by atoms with Gasteiger partial charge >= 0.3 is 0 Å². The Labute approximate surface area is 126 Å². The summed E-state index contributed by atoms with van der Waals surface area (Å²) in [4.78, 5) is 11.1. The number of methoxy groups -OCH3 is 1. The molecule has 0 saturated heterocycles. The Bertz CT molecular complexity index is 677. The molecule has 0 unspecified atom stereocenters. The average molecular weight is 309 g/mol. The highest BCUT2D eigenvalue weighted by Gasteiger charge is 2.07. The van der Waals surface area contributed by atoms with E-state index >= 15 is 0 Å². The number of rotatable bonds is 5. The van der Waals surface area contributed by atoms with E-state index in [4.69, 9.17) is 22.1 Å². The van der Waals surface area contributed by atoms with Crippen molar-refractivity contribution in [2.75, 3.05) is 12.4 Å². The predicted octanol–water partition coefficient (Wildman–Crippen LogP) is 3.20. The molecular weight excluding hydrogens is 295 g/mol. The molecule has 1 amide bonds. The Hall–Kier alpha value is -2.27. The first-order valence-electron chi connectivity index (χ1n) is 6.17. The number of amides is 1. The van der Waals surface area contributed by atoms with Crippen LogP contribution in [-0.2, 0) is 6.54 Å². The van der Waals surface area contributed by atoms with Crippen molar-refractivity contribution in [3.63, 3.8) is 0 Å². The number of nitrogens with two attached hydrogens (primary N) is 1. The standard InChI is InChI=1S/C15H14ClFN2O2/c1-21-14-5-2-9(6-12(14)17)8-19-13-7-10(15(18)20)3-4-11(13)16/h2-7,19H,8H2,1H3,(H2,18,20). The number of carbonyl (C=O) groups is 1. The van der Waals surface area contributed by atoms with Gasteiger partial charge < -0.3 is 15.8 Å². The number of hydrogen-bond acceptors (Lipinski definition) is 3. The number of benzene rings is 2. The summed E-state index contributed by atoms with van der Waals surface area (Å²) in [6, 6.07) is 9.35. The van der Waals surface area contributed by atoms with Crippen LogP contribution in [0.15, 0.2) is 36.4 Å². The highest BCUT2D eigenvalue weighted by atomic mass is 35.5. The van der Waals surface area contributed by atoms with Crippen molar-refractivity contribution in [2.45, 2.75) is 6.54 Å². The third-order valence-electron chi connectivity index (χ3n) is 2.95. The van der Waals surface area contributed by atoms with E-state index in [9.17, 15) is 9.18 Å². The van der Waals surface area contributed by atoms with Crippen molar-refractivity contribution in [1.82, 2.24) is 0 Å². The number of halogens is 2. The van der Waals surface area contributed by atoms with Crippen molar-refractivity contribution in [2.24, 2.45) is 5.73 Å². The number of ether oxygens (including phenoxy) is 1. The van der Waals surface area contributed by atoms with Gasteiger partial charge in [0.05, 0.1) is 17.8 Å². The highest BCUT2D eigenvalue weighted by molar-refractivity contribution is 6.33. The normalized spacial score (nSPS) is 10.2. The largest absolute Gasteiger partial charge is 0.494 e. The molecular formula is C15H14ClFN2O2. The van der Waals surface area contributed by atoms with E-state index in [0.29, 0.717) is 28.4 Å². The predicted molar refractivity (Wildman–Crippen MR) is 80.2 cm³/mol. The zero-order chi connectivity index (χ0) is 15.4. The maximum absolute atomic E-state index is 13.6. The van der Waals surface area contributed by atoms with Crippen molar-refractivity contribution in [3.05, 3.63) is 58.4 Å². The second-order valence-corrected chi connectivity index (χ2v) is 4.79. The van der Waals surface area contributed by atoms with E-state index in [-0.39, 0.29) is 5.75 Å². The van der Waals surface area contributed by atoms with Gasteiger partial charge in [-0.25, -0.2) is 4.39 Å². The van der Waals surface area contributed by atoms with Crippen molar-refractivity contribution in [1.29, 1.82) is 0 Å². The molecule has 21 heavy (non-hydrogen) atoms. The fraction of sp³-hybridized carbons (Fsp3) is 0.133. The topological polar surface area (TPSA) is 64.3 Å². The van der Waals surface area contributed by atoms with Gasteiger partial charge in [-0.05, 0) is 35.9 Å². The molecule has 0 fully saturated rings. The monoisotopic (exact) mass is 308 g/mol. The van der Waals surface area contributed by atoms with Crippen LogP contribution in [0, 0.1) is 5.82 Å². The zero-order valence-corrected chi connectivity index (χ0v) is 12.1. The molecule has 0 spiro atoms. The highest BCUT2D eigenvalue weighted by Crippen LogP contribution is 2.24. The number of anilines is 1. The Morgan fingerprint density at radius 1 is 1.33 bits per heavy atom. The van der Waals surface area contributed by atoms with Crippen molar-refractivity contribution in [3.8, 4) is 5.75 Å². The van der Waals surface area contributed by atoms with Crippen LogP contribution >= 0.6 is 11.6 Å². The Kier molecular flexibility index (Phi) is 4.65. The van der Waals surface area contributed by atoms with E-state index in [2.05, 4.69) is 5.32 Å².